The highest BCUT2D eigenvalue weighted by Crippen LogP contribution is 2.30. The van der Waals surface area contributed by atoms with Crippen LogP contribution in [0.25, 0.3) is 22.3 Å². The van der Waals surface area contributed by atoms with Crippen LogP contribution in [0.3, 0.4) is 0 Å². The number of anilines is 1. The molecule has 0 radical (unpaired) electrons. The number of nitrogens with zero attached hydrogens (tertiary/aromatic N) is 2. The number of halogens is 2. The molecule has 28 heavy (non-hydrogen) atoms. The van der Waals surface area contributed by atoms with Gasteiger partial charge in [0.25, 0.3) is 0 Å². The minimum atomic E-state index is 0.143. The van der Waals surface area contributed by atoms with E-state index < -0.39 is 0 Å². The topological polar surface area (TPSA) is 66.9 Å². The molecule has 7 heteroatoms. The van der Waals surface area contributed by atoms with Gasteiger partial charge in [0, 0.05) is 35.0 Å². The molecule has 144 valence electrons. The first-order chi connectivity index (χ1) is 13.6. The third kappa shape index (κ3) is 4.05. The fraction of sp³-hybridized carbons (Fsp3) is 0.286. The van der Waals surface area contributed by atoms with Crippen LogP contribution in [0.1, 0.15) is 19.3 Å². The molecule has 0 saturated heterocycles. The van der Waals surface area contributed by atoms with Gasteiger partial charge in [-0.1, -0.05) is 41.8 Å². The highest BCUT2D eigenvalue weighted by Gasteiger charge is 2.24. The molecule has 1 heterocycles. The van der Waals surface area contributed by atoms with E-state index in [-0.39, 0.29) is 11.8 Å². The van der Waals surface area contributed by atoms with Crippen LogP contribution in [-0.4, -0.2) is 29.0 Å². The first kappa shape index (κ1) is 19.0. The van der Waals surface area contributed by atoms with Crippen LogP contribution < -0.4 is 10.6 Å². The monoisotopic (exact) mass is 414 g/mol. The third-order valence-corrected chi connectivity index (χ3v) is 5.53. The maximum Gasteiger partial charge on any atom is 0.223 e. The zero-order chi connectivity index (χ0) is 19.5. The number of nitrogens with one attached hydrogen (secondary N) is 2. The lowest BCUT2D eigenvalue weighted by Crippen LogP contribution is -2.36. The average Bonchev–Trinajstić information content (AvgIpc) is 2.63. The maximum atomic E-state index is 12.0. The molecule has 0 aliphatic heterocycles. The number of aromatic nitrogens is 2. The summed E-state index contributed by atoms with van der Waals surface area (Å²) in [6.07, 6.45) is 3.15. The summed E-state index contributed by atoms with van der Waals surface area (Å²) >= 11 is 12.5. The summed E-state index contributed by atoms with van der Waals surface area (Å²) < 4.78 is 0. The molecule has 1 fully saturated rings. The summed E-state index contributed by atoms with van der Waals surface area (Å²) in [6, 6.07) is 13.0. The normalized spacial score (nSPS) is 13.9. The van der Waals surface area contributed by atoms with Crippen molar-refractivity contribution in [1.82, 2.24) is 15.3 Å². The van der Waals surface area contributed by atoms with Crippen molar-refractivity contribution < 1.29 is 4.79 Å². The van der Waals surface area contributed by atoms with Crippen LogP contribution in [0.4, 0.5) is 5.82 Å². The molecule has 1 amide bonds. The van der Waals surface area contributed by atoms with Crippen molar-refractivity contribution in [3.05, 3.63) is 52.5 Å². The molecule has 2 aromatic carbocycles. The SMILES string of the molecule is O=C(NCCNc1nc(-c2ccccc2Cl)nc2cc(Cl)ccc12)C1CCC1. The first-order valence-electron chi connectivity index (χ1n) is 9.35. The van der Waals surface area contributed by atoms with Gasteiger partial charge in [0.05, 0.1) is 10.5 Å². The Hall–Kier alpha value is -2.37. The molecule has 5 nitrogen and oxygen atoms in total. The summed E-state index contributed by atoms with van der Waals surface area (Å²) in [5.74, 6) is 1.55. The Labute approximate surface area is 173 Å². The van der Waals surface area contributed by atoms with Crippen molar-refractivity contribution in [2.24, 2.45) is 5.92 Å². The molecule has 2 N–H and O–H groups in total. The van der Waals surface area contributed by atoms with Crippen molar-refractivity contribution in [2.75, 3.05) is 18.4 Å². The lowest BCUT2D eigenvalue weighted by molar-refractivity contribution is -0.127. The van der Waals surface area contributed by atoms with Gasteiger partial charge in [0.2, 0.25) is 5.91 Å². The Kier molecular flexibility index (Phi) is 5.64. The second-order valence-electron chi connectivity index (χ2n) is 6.88. The standard InChI is InChI=1S/C21H20Cl2N4O/c22-14-8-9-16-18(12-14)26-20(15-6-1-2-7-17(15)23)27-19(16)24-10-11-25-21(28)13-4-3-5-13/h1-2,6-9,12-13H,3-5,10-11H2,(H,25,28)(H,24,26,27). The fourth-order valence-electron chi connectivity index (χ4n) is 3.18. The quantitative estimate of drug-likeness (QED) is 0.560. The molecule has 0 unspecified atom stereocenters. The number of rotatable bonds is 6. The Morgan fingerprint density at radius 1 is 1.07 bits per heavy atom. The average molecular weight is 415 g/mol. The van der Waals surface area contributed by atoms with Crippen molar-refractivity contribution in [3.8, 4) is 11.4 Å². The van der Waals surface area contributed by atoms with Crippen LogP contribution in [0.5, 0.6) is 0 Å². The van der Waals surface area contributed by atoms with E-state index in [0.29, 0.717) is 34.8 Å². The van der Waals surface area contributed by atoms with Crippen LogP contribution in [0.2, 0.25) is 10.0 Å². The molecular formula is C21H20Cl2N4O. The van der Waals surface area contributed by atoms with Gasteiger partial charge in [0.1, 0.15) is 5.82 Å². The van der Waals surface area contributed by atoms with Gasteiger partial charge in [-0.05, 0) is 43.2 Å². The Balaban J connectivity index is 1.57. The highest BCUT2D eigenvalue weighted by molar-refractivity contribution is 6.33. The molecule has 3 aromatic rings. The molecule has 0 spiro atoms. The number of amides is 1. The summed E-state index contributed by atoms with van der Waals surface area (Å²) in [5, 5.41) is 8.35. The van der Waals surface area contributed by atoms with Crippen molar-refractivity contribution >= 4 is 45.8 Å². The van der Waals surface area contributed by atoms with Crippen LogP contribution in [-0.2, 0) is 4.79 Å². The molecule has 4 rings (SSSR count). The highest BCUT2D eigenvalue weighted by atomic mass is 35.5. The van der Waals surface area contributed by atoms with Crippen LogP contribution in [0.15, 0.2) is 42.5 Å². The van der Waals surface area contributed by atoms with E-state index in [4.69, 9.17) is 23.2 Å². The second-order valence-corrected chi connectivity index (χ2v) is 7.73. The van der Waals surface area contributed by atoms with Gasteiger partial charge < -0.3 is 10.6 Å². The van der Waals surface area contributed by atoms with Crippen LogP contribution in [0, 0.1) is 5.92 Å². The van der Waals surface area contributed by atoms with Crippen molar-refractivity contribution in [1.29, 1.82) is 0 Å². The summed E-state index contributed by atoms with van der Waals surface area (Å²) in [7, 11) is 0. The molecule has 1 saturated carbocycles. The van der Waals surface area contributed by atoms with Gasteiger partial charge in [-0.3, -0.25) is 4.79 Å². The largest absolute Gasteiger partial charge is 0.368 e. The zero-order valence-corrected chi connectivity index (χ0v) is 16.7. The molecule has 1 aliphatic rings. The predicted molar refractivity (Wildman–Crippen MR) is 114 cm³/mol. The van der Waals surface area contributed by atoms with Crippen molar-refractivity contribution in [2.45, 2.75) is 19.3 Å². The van der Waals surface area contributed by atoms with E-state index in [9.17, 15) is 4.79 Å². The lowest BCUT2D eigenvalue weighted by atomic mass is 9.85. The van der Waals surface area contributed by atoms with E-state index in [1.165, 1.54) is 0 Å². The minimum absolute atomic E-state index is 0.143. The van der Waals surface area contributed by atoms with E-state index in [1.54, 1.807) is 0 Å². The number of carbonyl (C=O) groups is 1. The molecule has 0 bridgehead atoms. The number of hydrogen-bond acceptors (Lipinski definition) is 4. The van der Waals surface area contributed by atoms with Crippen LogP contribution >= 0.6 is 23.2 Å². The summed E-state index contributed by atoms with van der Waals surface area (Å²) in [4.78, 5) is 21.3. The van der Waals surface area contributed by atoms with E-state index >= 15 is 0 Å². The molecule has 1 aromatic heterocycles. The molecule has 1 aliphatic carbocycles. The minimum Gasteiger partial charge on any atom is -0.368 e. The predicted octanol–water partition coefficient (Wildman–Crippen LogP) is 4.93. The Morgan fingerprint density at radius 2 is 1.89 bits per heavy atom. The van der Waals surface area contributed by atoms with E-state index in [2.05, 4.69) is 20.6 Å². The fourth-order valence-corrected chi connectivity index (χ4v) is 3.57. The molecular weight excluding hydrogens is 395 g/mol. The van der Waals surface area contributed by atoms with Crippen molar-refractivity contribution in [3.63, 3.8) is 0 Å². The summed E-state index contributed by atoms with van der Waals surface area (Å²) in [5.41, 5.74) is 1.49. The number of benzene rings is 2. The zero-order valence-electron chi connectivity index (χ0n) is 15.2. The number of hydrogen-bond donors (Lipinski definition) is 2. The molecule has 0 atom stereocenters. The van der Waals surface area contributed by atoms with Gasteiger partial charge in [-0.2, -0.15) is 0 Å². The van der Waals surface area contributed by atoms with E-state index in [1.807, 2.05) is 42.5 Å². The number of carbonyl (C=O) groups excluding carboxylic acids is 1. The Morgan fingerprint density at radius 3 is 2.64 bits per heavy atom. The lowest BCUT2D eigenvalue weighted by Gasteiger charge is -2.24. The second kappa shape index (κ2) is 8.33. The smallest absolute Gasteiger partial charge is 0.223 e. The van der Waals surface area contributed by atoms with Gasteiger partial charge in [0.15, 0.2) is 5.82 Å². The maximum absolute atomic E-state index is 12.0. The van der Waals surface area contributed by atoms with Gasteiger partial charge in [-0.15, -0.1) is 0 Å². The third-order valence-electron chi connectivity index (χ3n) is 4.97. The first-order valence-corrected chi connectivity index (χ1v) is 10.1. The van der Waals surface area contributed by atoms with E-state index in [0.717, 1.165) is 35.7 Å². The van der Waals surface area contributed by atoms with Gasteiger partial charge >= 0.3 is 0 Å². The summed E-state index contributed by atoms with van der Waals surface area (Å²) in [6.45, 7) is 1.10. The number of fused-ring (bicyclic) bond motifs is 1. The van der Waals surface area contributed by atoms with Gasteiger partial charge in [-0.25, -0.2) is 9.97 Å². The Bertz CT molecular complexity index is 1020.